The van der Waals surface area contributed by atoms with Gasteiger partial charge in [-0.2, -0.15) is 13.2 Å². The fourth-order valence-corrected chi connectivity index (χ4v) is 2.47. The molecule has 1 heterocycles. The molecule has 6 heteroatoms. The van der Waals surface area contributed by atoms with Gasteiger partial charge in [0.15, 0.2) is 0 Å². The summed E-state index contributed by atoms with van der Waals surface area (Å²) in [7, 11) is 0. The molecule has 21 heavy (non-hydrogen) atoms. The van der Waals surface area contributed by atoms with Gasteiger partial charge in [0.05, 0.1) is 5.56 Å². The summed E-state index contributed by atoms with van der Waals surface area (Å²) >= 11 is 0. The molecule has 2 rings (SSSR count). The molecule has 1 aliphatic rings. The Morgan fingerprint density at radius 1 is 1.19 bits per heavy atom. The van der Waals surface area contributed by atoms with Crippen LogP contribution >= 0.6 is 0 Å². The van der Waals surface area contributed by atoms with Gasteiger partial charge in [-0.3, -0.25) is 0 Å². The molecule has 118 valence electrons. The number of hydrogen-bond donors (Lipinski definition) is 1. The zero-order chi connectivity index (χ0) is 15.5. The highest BCUT2D eigenvalue weighted by Gasteiger charge is 2.31. The predicted molar refractivity (Wildman–Crippen MR) is 71.3 cm³/mol. The van der Waals surface area contributed by atoms with Crippen LogP contribution in [0.15, 0.2) is 18.2 Å². The maximum absolute atomic E-state index is 13.3. The summed E-state index contributed by atoms with van der Waals surface area (Å²) in [6.07, 6.45) is -2.70. The normalized spacial score (nSPS) is 18.7. The molecule has 1 fully saturated rings. The molecule has 0 unspecified atom stereocenters. The van der Waals surface area contributed by atoms with Crippen LogP contribution in [-0.2, 0) is 17.5 Å². The summed E-state index contributed by atoms with van der Waals surface area (Å²) in [5.41, 5.74) is -0.562. The van der Waals surface area contributed by atoms with Crippen molar-refractivity contribution >= 4 is 0 Å². The Morgan fingerprint density at radius 2 is 1.86 bits per heavy atom. The van der Waals surface area contributed by atoms with Crippen LogP contribution in [0.5, 0.6) is 0 Å². The Morgan fingerprint density at radius 3 is 2.48 bits per heavy atom. The molecule has 0 saturated carbocycles. The Hall–Kier alpha value is -1.14. The molecule has 2 nitrogen and oxygen atoms in total. The Balaban J connectivity index is 1.95. The third-order valence-electron chi connectivity index (χ3n) is 3.87. The van der Waals surface area contributed by atoms with E-state index in [0.717, 1.165) is 25.0 Å². The molecule has 0 radical (unpaired) electrons. The molecule has 0 bridgehead atoms. The van der Waals surface area contributed by atoms with Crippen LogP contribution in [0.2, 0.25) is 0 Å². The highest BCUT2D eigenvalue weighted by molar-refractivity contribution is 5.26. The molecule has 1 saturated heterocycles. The van der Waals surface area contributed by atoms with E-state index in [1.807, 2.05) is 0 Å². The first kappa shape index (κ1) is 16.2. The number of nitrogens with one attached hydrogen (secondary N) is 1. The van der Waals surface area contributed by atoms with Gasteiger partial charge < -0.3 is 10.1 Å². The maximum atomic E-state index is 13.3. The zero-order valence-electron chi connectivity index (χ0n) is 11.9. The van der Waals surface area contributed by atoms with Crippen LogP contribution in [0.25, 0.3) is 0 Å². The minimum absolute atomic E-state index is 0.0818. The standard InChI is InChI=1S/C15H19F4NO/c1-14(2-4-21-5-3-14)10-20-9-11-6-12(15(17,18)19)8-13(16)7-11/h6-8,20H,2-5,9-10H2,1H3. The molecule has 1 aromatic carbocycles. The third kappa shape index (κ3) is 4.68. The number of ether oxygens (including phenoxy) is 1. The van der Waals surface area contributed by atoms with Crippen molar-refractivity contribution < 1.29 is 22.3 Å². The van der Waals surface area contributed by atoms with E-state index in [1.165, 1.54) is 0 Å². The van der Waals surface area contributed by atoms with Crippen molar-refractivity contribution in [2.75, 3.05) is 19.8 Å². The minimum Gasteiger partial charge on any atom is -0.381 e. The van der Waals surface area contributed by atoms with E-state index in [1.54, 1.807) is 0 Å². The summed E-state index contributed by atoms with van der Waals surface area (Å²) in [6.45, 7) is 4.42. The van der Waals surface area contributed by atoms with Crippen molar-refractivity contribution in [2.45, 2.75) is 32.5 Å². The van der Waals surface area contributed by atoms with Crippen LogP contribution in [-0.4, -0.2) is 19.8 Å². The minimum atomic E-state index is -4.52. The number of alkyl halides is 3. The van der Waals surface area contributed by atoms with Gasteiger partial charge in [0, 0.05) is 26.3 Å². The number of hydrogen-bond acceptors (Lipinski definition) is 2. The fourth-order valence-electron chi connectivity index (χ4n) is 2.47. The van der Waals surface area contributed by atoms with E-state index in [2.05, 4.69) is 12.2 Å². The average Bonchev–Trinajstić information content (AvgIpc) is 2.37. The largest absolute Gasteiger partial charge is 0.416 e. The first-order valence-corrected chi connectivity index (χ1v) is 6.94. The molecular weight excluding hydrogens is 286 g/mol. The summed E-state index contributed by atoms with van der Waals surface area (Å²) in [5, 5.41) is 3.13. The number of rotatable bonds is 4. The monoisotopic (exact) mass is 305 g/mol. The predicted octanol–water partition coefficient (Wildman–Crippen LogP) is 3.75. The van der Waals surface area contributed by atoms with E-state index >= 15 is 0 Å². The Kier molecular flexibility index (Phi) is 4.88. The summed E-state index contributed by atoms with van der Waals surface area (Å²) in [5.74, 6) is -0.862. The van der Waals surface area contributed by atoms with E-state index in [9.17, 15) is 17.6 Å². The number of benzene rings is 1. The first-order chi connectivity index (χ1) is 9.78. The molecular formula is C15H19F4NO. The molecule has 1 aromatic rings. The van der Waals surface area contributed by atoms with Gasteiger partial charge in [-0.25, -0.2) is 4.39 Å². The van der Waals surface area contributed by atoms with Gasteiger partial charge in [0.2, 0.25) is 0 Å². The van der Waals surface area contributed by atoms with Crippen LogP contribution in [0.4, 0.5) is 17.6 Å². The number of halogens is 4. The van der Waals surface area contributed by atoms with Crippen LogP contribution in [0, 0.1) is 11.2 Å². The van der Waals surface area contributed by atoms with Crippen molar-refractivity contribution in [1.29, 1.82) is 0 Å². The zero-order valence-corrected chi connectivity index (χ0v) is 11.9. The van der Waals surface area contributed by atoms with Crippen molar-refractivity contribution in [3.8, 4) is 0 Å². The lowest BCUT2D eigenvalue weighted by Crippen LogP contribution is -2.36. The van der Waals surface area contributed by atoms with Gasteiger partial charge in [-0.1, -0.05) is 6.92 Å². The average molecular weight is 305 g/mol. The van der Waals surface area contributed by atoms with Crippen molar-refractivity contribution in [2.24, 2.45) is 5.41 Å². The lowest BCUT2D eigenvalue weighted by Gasteiger charge is -2.33. The van der Waals surface area contributed by atoms with Gasteiger partial charge in [-0.15, -0.1) is 0 Å². The van der Waals surface area contributed by atoms with E-state index in [4.69, 9.17) is 4.74 Å². The van der Waals surface area contributed by atoms with E-state index in [0.29, 0.717) is 31.4 Å². The van der Waals surface area contributed by atoms with Gasteiger partial charge in [0.1, 0.15) is 5.82 Å². The second-order valence-electron chi connectivity index (χ2n) is 5.87. The molecule has 0 spiro atoms. The molecule has 0 amide bonds. The van der Waals surface area contributed by atoms with Gasteiger partial charge in [-0.05, 0) is 42.0 Å². The molecule has 1 N–H and O–H groups in total. The molecule has 1 aliphatic heterocycles. The summed E-state index contributed by atoms with van der Waals surface area (Å²) in [6, 6.07) is 2.64. The van der Waals surface area contributed by atoms with E-state index in [-0.39, 0.29) is 12.0 Å². The van der Waals surface area contributed by atoms with Gasteiger partial charge in [0.25, 0.3) is 0 Å². The lowest BCUT2D eigenvalue weighted by molar-refractivity contribution is -0.137. The van der Waals surface area contributed by atoms with Crippen molar-refractivity contribution in [3.63, 3.8) is 0 Å². The topological polar surface area (TPSA) is 21.3 Å². The summed E-state index contributed by atoms with van der Waals surface area (Å²) < 4.78 is 56.4. The van der Waals surface area contributed by atoms with E-state index < -0.39 is 17.6 Å². The first-order valence-electron chi connectivity index (χ1n) is 6.94. The molecule has 0 aromatic heterocycles. The second-order valence-corrected chi connectivity index (χ2v) is 5.87. The SMILES string of the molecule is CC1(CNCc2cc(F)cc(C(F)(F)F)c2)CCOCC1. The van der Waals surface area contributed by atoms with Crippen LogP contribution in [0.3, 0.4) is 0 Å². The molecule has 0 aliphatic carbocycles. The lowest BCUT2D eigenvalue weighted by atomic mass is 9.82. The second kappa shape index (κ2) is 6.32. The Labute approximate surface area is 121 Å². The quantitative estimate of drug-likeness (QED) is 0.855. The van der Waals surface area contributed by atoms with Gasteiger partial charge >= 0.3 is 6.18 Å². The maximum Gasteiger partial charge on any atom is 0.416 e. The summed E-state index contributed by atoms with van der Waals surface area (Å²) in [4.78, 5) is 0. The molecule has 0 atom stereocenters. The Bertz CT molecular complexity index is 481. The smallest absolute Gasteiger partial charge is 0.381 e. The fraction of sp³-hybridized carbons (Fsp3) is 0.600. The van der Waals surface area contributed by atoms with Crippen LogP contribution in [0.1, 0.15) is 30.9 Å². The van der Waals surface area contributed by atoms with Crippen LogP contribution < -0.4 is 5.32 Å². The highest BCUT2D eigenvalue weighted by Crippen LogP contribution is 2.31. The van der Waals surface area contributed by atoms with Crippen molar-refractivity contribution in [3.05, 3.63) is 35.1 Å². The third-order valence-corrected chi connectivity index (χ3v) is 3.87. The highest BCUT2D eigenvalue weighted by atomic mass is 19.4. The van der Waals surface area contributed by atoms with Crippen molar-refractivity contribution in [1.82, 2.24) is 5.32 Å².